The van der Waals surface area contributed by atoms with E-state index in [1.54, 1.807) is 18.2 Å². The average molecular weight is 554 g/mol. The number of nitrogens with one attached hydrogen (secondary N) is 1. The third-order valence-corrected chi connectivity index (χ3v) is 6.53. The quantitative estimate of drug-likeness (QED) is 0.257. The van der Waals surface area contributed by atoms with Gasteiger partial charge in [-0.15, -0.1) is 0 Å². The zero-order valence-electron chi connectivity index (χ0n) is 18.9. The molecule has 182 valence electrons. The van der Waals surface area contributed by atoms with Gasteiger partial charge in [0, 0.05) is 16.8 Å². The molecule has 0 saturated carbocycles. The summed E-state index contributed by atoms with van der Waals surface area (Å²) in [5.74, 6) is 0.469. The first-order chi connectivity index (χ1) is 17.2. The van der Waals surface area contributed by atoms with Gasteiger partial charge < -0.3 is 14.8 Å². The molecule has 4 aromatic carbocycles. The minimum atomic E-state index is -4.49. The standard InChI is InChI=1S/C28H19BrF3NO3/c1-35-25-13-16(11-22-21-10-9-19(28(30,31)32)14-24(21)33-27(22)34)12-23(29)26(25)36-15-18-7-4-6-17-5-2-3-8-20(17)18/h2-14H,15H2,1H3,(H,33,34)/b22-11-. The maximum absolute atomic E-state index is 13.1. The maximum Gasteiger partial charge on any atom is 0.416 e. The molecule has 1 aliphatic rings. The minimum Gasteiger partial charge on any atom is -0.493 e. The van der Waals surface area contributed by atoms with Crippen molar-refractivity contribution >= 4 is 49.9 Å². The van der Waals surface area contributed by atoms with Gasteiger partial charge in [0.15, 0.2) is 11.5 Å². The van der Waals surface area contributed by atoms with Crippen LogP contribution in [0.2, 0.25) is 0 Å². The zero-order valence-corrected chi connectivity index (χ0v) is 20.5. The zero-order chi connectivity index (χ0) is 25.4. The molecular formula is C28H19BrF3NO3. The van der Waals surface area contributed by atoms with Crippen LogP contribution in [0.5, 0.6) is 11.5 Å². The van der Waals surface area contributed by atoms with E-state index in [0.29, 0.717) is 33.7 Å². The number of hydrogen-bond acceptors (Lipinski definition) is 3. The topological polar surface area (TPSA) is 47.6 Å². The molecule has 0 radical (unpaired) electrons. The fourth-order valence-corrected chi connectivity index (χ4v) is 4.79. The van der Waals surface area contributed by atoms with E-state index in [2.05, 4.69) is 21.2 Å². The number of fused-ring (bicyclic) bond motifs is 2. The molecule has 4 nitrogen and oxygen atoms in total. The monoisotopic (exact) mass is 553 g/mol. The normalized spacial score (nSPS) is 14.1. The largest absolute Gasteiger partial charge is 0.493 e. The summed E-state index contributed by atoms with van der Waals surface area (Å²) in [5.41, 5.74) is 1.61. The minimum absolute atomic E-state index is 0.127. The first kappa shape index (κ1) is 23.9. The number of rotatable bonds is 5. The van der Waals surface area contributed by atoms with Crippen molar-refractivity contribution in [3.8, 4) is 11.5 Å². The molecule has 0 saturated heterocycles. The molecule has 1 heterocycles. The van der Waals surface area contributed by atoms with Crippen LogP contribution in [0.3, 0.4) is 0 Å². The molecule has 0 aromatic heterocycles. The van der Waals surface area contributed by atoms with E-state index in [4.69, 9.17) is 9.47 Å². The van der Waals surface area contributed by atoms with Crippen molar-refractivity contribution in [2.45, 2.75) is 12.8 Å². The van der Waals surface area contributed by atoms with E-state index < -0.39 is 17.6 Å². The Labute approximate surface area is 213 Å². The van der Waals surface area contributed by atoms with Crippen LogP contribution >= 0.6 is 15.9 Å². The van der Waals surface area contributed by atoms with Gasteiger partial charge in [-0.25, -0.2) is 0 Å². The van der Waals surface area contributed by atoms with Crippen molar-refractivity contribution in [1.29, 1.82) is 0 Å². The van der Waals surface area contributed by atoms with Gasteiger partial charge in [0.25, 0.3) is 5.91 Å². The second-order valence-electron chi connectivity index (χ2n) is 8.23. The Morgan fingerprint density at radius 1 is 1.00 bits per heavy atom. The molecule has 1 amide bonds. The fourth-order valence-electron chi connectivity index (χ4n) is 4.21. The molecule has 0 spiro atoms. The highest BCUT2D eigenvalue weighted by Crippen LogP contribution is 2.41. The van der Waals surface area contributed by atoms with Gasteiger partial charge in [-0.05, 0) is 68.2 Å². The lowest BCUT2D eigenvalue weighted by molar-refractivity contribution is -0.137. The molecule has 5 rings (SSSR count). The predicted molar refractivity (Wildman–Crippen MR) is 137 cm³/mol. The summed E-state index contributed by atoms with van der Waals surface area (Å²) in [6.07, 6.45) is -2.89. The number of methoxy groups -OCH3 is 1. The van der Waals surface area contributed by atoms with Crippen molar-refractivity contribution in [2.75, 3.05) is 12.4 Å². The number of carbonyl (C=O) groups excluding carboxylic acids is 1. The number of halogens is 4. The highest BCUT2D eigenvalue weighted by Gasteiger charge is 2.33. The Hall–Kier alpha value is -3.78. The van der Waals surface area contributed by atoms with Crippen molar-refractivity contribution < 1.29 is 27.4 Å². The Bertz CT molecular complexity index is 1520. The summed E-state index contributed by atoms with van der Waals surface area (Å²) >= 11 is 3.53. The Balaban J connectivity index is 1.45. The van der Waals surface area contributed by atoms with Crippen LogP contribution in [0.25, 0.3) is 22.4 Å². The Kier molecular flexibility index (Phi) is 6.22. The molecule has 0 unspecified atom stereocenters. The van der Waals surface area contributed by atoms with Crippen LogP contribution in [0.4, 0.5) is 18.9 Å². The van der Waals surface area contributed by atoms with Crippen molar-refractivity contribution in [1.82, 2.24) is 0 Å². The molecule has 8 heteroatoms. The number of amides is 1. The highest BCUT2D eigenvalue weighted by molar-refractivity contribution is 9.10. The van der Waals surface area contributed by atoms with E-state index in [9.17, 15) is 18.0 Å². The number of anilines is 1. The van der Waals surface area contributed by atoms with Gasteiger partial charge in [-0.1, -0.05) is 48.5 Å². The number of alkyl halides is 3. The van der Waals surface area contributed by atoms with Crippen LogP contribution in [0.15, 0.2) is 77.3 Å². The smallest absolute Gasteiger partial charge is 0.416 e. The summed E-state index contributed by atoms with van der Waals surface area (Å²) in [6, 6.07) is 20.7. The molecular weight excluding hydrogens is 535 g/mol. The molecule has 0 aliphatic carbocycles. The number of hydrogen-bond donors (Lipinski definition) is 1. The van der Waals surface area contributed by atoms with E-state index in [1.807, 2.05) is 42.5 Å². The lowest BCUT2D eigenvalue weighted by Gasteiger charge is -2.15. The van der Waals surface area contributed by atoms with Crippen molar-refractivity contribution in [3.63, 3.8) is 0 Å². The number of ether oxygens (including phenoxy) is 2. The van der Waals surface area contributed by atoms with Crippen molar-refractivity contribution in [3.05, 3.63) is 99.5 Å². The van der Waals surface area contributed by atoms with Crippen LogP contribution in [0.1, 0.15) is 22.3 Å². The summed E-state index contributed by atoms with van der Waals surface area (Å²) in [5, 5.41) is 4.72. The Morgan fingerprint density at radius 2 is 1.78 bits per heavy atom. The molecule has 4 aromatic rings. The lowest BCUT2D eigenvalue weighted by atomic mass is 10.0. The van der Waals surface area contributed by atoms with E-state index in [0.717, 1.165) is 28.5 Å². The molecule has 0 bridgehead atoms. The lowest BCUT2D eigenvalue weighted by Crippen LogP contribution is -2.06. The van der Waals surface area contributed by atoms with Gasteiger partial charge in [-0.2, -0.15) is 13.2 Å². The molecule has 1 N–H and O–H groups in total. The van der Waals surface area contributed by atoms with Gasteiger partial charge in [-0.3, -0.25) is 4.79 Å². The average Bonchev–Trinajstić information content (AvgIpc) is 3.16. The summed E-state index contributed by atoms with van der Waals surface area (Å²) in [7, 11) is 1.51. The third kappa shape index (κ3) is 4.56. The predicted octanol–water partition coefficient (Wildman–Crippen LogP) is 7.70. The maximum atomic E-state index is 13.1. The third-order valence-electron chi connectivity index (χ3n) is 5.94. The van der Waals surface area contributed by atoms with Gasteiger partial charge in [0.05, 0.1) is 17.1 Å². The van der Waals surface area contributed by atoms with Crippen LogP contribution < -0.4 is 14.8 Å². The second-order valence-corrected chi connectivity index (χ2v) is 9.09. The number of carbonyl (C=O) groups is 1. The van der Waals surface area contributed by atoms with E-state index >= 15 is 0 Å². The van der Waals surface area contributed by atoms with E-state index in [-0.39, 0.29) is 11.3 Å². The summed E-state index contributed by atoms with van der Waals surface area (Å²) in [4.78, 5) is 12.5. The van der Waals surface area contributed by atoms with Crippen LogP contribution in [0, 0.1) is 0 Å². The van der Waals surface area contributed by atoms with E-state index in [1.165, 1.54) is 13.2 Å². The first-order valence-electron chi connectivity index (χ1n) is 11.0. The molecule has 1 aliphatic heterocycles. The first-order valence-corrected chi connectivity index (χ1v) is 11.8. The number of benzene rings is 4. The highest BCUT2D eigenvalue weighted by atomic mass is 79.9. The fraction of sp³-hybridized carbons (Fsp3) is 0.107. The second kappa shape index (κ2) is 9.35. The molecule has 0 atom stereocenters. The van der Waals surface area contributed by atoms with Gasteiger partial charge in [0.1, 0.15) is 6.61 Å². The van der Waals surface area contributed by atoms with Crippen LogP contribution in [-0.2, 0) is 17.6 Å². The van der Waals surface area contributed by atoms with Crippen LogP contribution in [-0.4, -0.2) is 13.0 Å². The SMILES string of the molecule is COc1cc(/C=C2\C(=O)Nc3cc(C(F)(F)F)ccc32)cc(Br)c1OCc1cccc2ccccc12. The Morgan fingerprint density at radius 3 is 2.56 bits per heavy atom. The van der Waals surface area contributed by atoms with Gasteiger partial charge >= 0.3 is 6.18 Å². The molecule has 0 fully saturated rings. The molecule has 36 heavy (non-hydrogen) atoms. The van der Waals surface area contributed by atoms with Gasteiger partial charge in [0.2, 0.25) is 0 Å². The summed E-state index contributed by atoms with van der Waals surface area (Å²) < 4.78 is 51.4. The van der Waals surface area contributed by atoms with Crippen molar-refractivity contribution in [2.24, 2.45) is 0 Å². The summed E-state index contributed by atoms with van der Waals surface area (Å²) in [6.45, 7) is 0.314.